The van der Waals surface area contributed by atoms with Crippen LogP contribution in [0.1, 0.15) is 50.4 Å². The molecule has 0 radical (unpaired) electrons. The fourth-order valence-corrected chi connectivity index (χ4v) is 4.14. The number of carbonyl (C=O) groups is 1. The van der Waals surface area contributed by atoms with Gasteiger partial charge in [-0.25, -0.2) is 0 Å². The molecule has 0 spiro atoms. The molecule has 0 unspecified atom stereocenters. The second kappa shape index (κ2) is 12.2. The summed E-state index contributed by atoms with van der Waals surface area (Å²) in [5, 5.41) is 12.8. The van der Waals surface area contributed by atoms with Crippen LogP contribution in [0, 0.1) is 0 Å². The Hall–Kier alpha value is -2.60. The van der Waals surface area contributed by atoms with E-state index in [-0.39, 0.29) is 5.91 Å². The van der Waals surface area contributed by atoms with Crippen molar-refractivity contribution in [2.75, 3.05) is 12.3 Å². The average Bonchev–Trinajstić information content (AvgIpc) is 3.17. The van der Waals surface area contributed by atoms with Gasteiger partial charge in [0, 0.05) is 30.8 Å². The number of rotatable bonds is 12. The van der Waals surface area contributed by atoms with Crippen LogP contribution in [0.25, 0.3) is 5.69 Å². The lowest BCUT2D eigenvalue weighted by Gasteiger charge is -2.10. The summed E-state index contributed by atoms with van der Waals surface area (Å²) in [4.78, 5) is 11.8. The molecule has 0 aliphatic rings. The molecule has 3 aromatic rings. The van der Waals surface area contributed by atoms with E-state index in [9.17, 15) is 4.79 Å². The smallest absolute Gasteiger partial charge is 0.219 e. The molecule has 0 aliphatic carbocycles. The SMILES string of the molecule is CCCCNC(=O)CCCCSc1nnc(Cc2ccccc2)n1-c1ccccc1. The van der Waals surface area contributed by atoms with Crippen LogP contribution in [0.2, 0.25) is 0 Å². The van der Waals surface area contributed by atoms with Crippen LogP contribution in [-0.4, -0.2) is 33.0 Å². The largest absolute Gasteiger partial charge is 0.356 e. The summed E-state index contributed by atoms with van der Waals surface area (Å²) < 4.78 is 2.15. The van der Waals surface area contributed by atoms with Gasteiger partial charge >= 0.3 is 0 Å². The summed E-state index contributed by atoms with van der Waals surface area (Å²) in [6.07, 6.45) is 5.34. The Bertz CT molecular complexity index is 896. The Morgan fingerprint density at radius 1 is 0.967 bits per heavy atom. The van der Waals surface area contributed by atoms with Crippen LogP contribution in [0.3, 0.4) is 0 Å². The Morgan fingerprint density at radius 2 is 1.70 bits per heavy atom. The van der Waals surface area contributed by atoms with Gasteiger partial charge in [0.1, 0.15) is 5.82 Å². The molecule has 0 aliphatic heterocycles. The maximum Gasteiger partial charge on any atom is 0.219 e. The first kappa shape index (κ1) is 22.1. The number of hydrogen-bond acceptors (Lipinski definition) is 4. The quantitative estimate of drug-likeness (QED) is 0.328. The van der Waals surface area contributed by atoms with Crippen molar-refractivity contribution in [1.82, 2.24) is 20.1 Å². The minimum absolute atomic E-state index is 0.158. The first-order valence-electron chi connectivity index (χ1n) is 10.7. The Kier molecular flexibility index (Phi) is 8.97. The third-order valence-corrected chi connectivity index (χ3v) is 5.82. The number of nitrogens with one attached hydrogen (secondary N) is 1. The van der Waals surface area contributed by atoms with E-state index in [0.717, 1.165) is 61.1 Å². The number of thioether (sulfide) groups is 1. The Balaban J connectivity index is 1.59. The summed E-state index contributed by atoms with van der Waals surface area (Å²) in [6.45, 7) is 2.91. The van der Waals surface area contributed by atoms with E-state index in [4.69, 9.17) is 0 Å². The first-order valence-corrected chi connectivity index (χ1v) is 11.7. The number of amides is 1. The predicted octanol–water partition coefficient (Wildman–Crippen LogP) is 5.04. The van der Waals surface area contributed by atoms with E-state index in [2.05, 4.69) is 51.3 Å². The number of nitrogens with zero attached hydrogens (tertiary/aromatic N) is 3. The van der Waals surface area contributed by atoms with Crippen LogP contribution >= 0.6 is 11.8 Å². The normalized spacial score (nSPS) is 10.8. The summed E-state index contributed by atoms with van der Waals surface area (Å²) >= 11 is 1.70. The summed E-state index contributed by atoms with van der Waals surface area (Å²) in [7, 11) is 0. The van der Waals surface area contributed by atoms with Crippen molar-refractivity contribution < 1.29 is 4.79 Å². The van der Waals surface area contributed by atoms with Crippen molar-refractivity contribution in [1.29, 1.82) is 0 Å². The summed E-state index contributed by atoms with van der Waals surface area (Å²) in [5.74, 6) is 2.01. The number of aromatic nitrogens is 3. The Labute approximate surface area is 183 Å². The number of carbonyl (C=O) groups excluding carboxylic acids is 1. The summed E-state index contributed by atoms with van der Waals surface area (Å²) in [5.41, 5.74) is 2.29. The molecule has 158 valence electrons. The van der Waals surface area contributed by atoms with E-state index in [0.29, 0.717) is 6.42 Å². The van der Waals surface area contributed by atoms with Gasteiger partial charge in [0.2, 0.25) is 5.91 Å². The summed E-state index contributed by atoms with van der Waals surface area (Å²) in [6, 6.07) is 20.6. The Morgan fingerprint density at radius 3 is 2.43 bits per heavy atom. The zero-order valence-corrected chi connectivity index (χ0v) is 18.4. The minimum Gasteiger partial charge on any atom is -0.356 e. The van der Waals surface area contributed by atoms with Crippen LogP contribution in [-0.2, 0) is 11.2 Å². The highest BCUT2D eigenvalue weighted by Crippen LogP contribution is 2.24. The fraction of sp³-hybridized carbons (Fsp3) is 0.375. The molecule has 6 heteroatoms. The molecule has 1 amide bonds. The average molecular weight is 423 g/mol. The number of para-hydroxylation sites is 1. The number of benzene rings is 2. The highest BCUT2D eigenvalue weighted by atomic mass is 32.2. The molecular formula is C24H30N4OS. The van der Waals surface area contributed by atoms with Crippen molar-refractivity contribution in [3.8, 4) is 5.69 Å². The molecule has 2 aromatic carbocycles. The molecule has 1 aromatic heterocycles. The van der Waals surface area contributed by atoms with Crippen molar-refractivity contribution in [2.24, 2.45) is 0 Å². The molecule has 0 atom stereocenters. The number of unbranched alkanes of at least 4 members (excludes halogenated alkanes) is 2. The molecule has 0 saturated heterocycles. The molecule has 3 rings (SSSR count). The number of hydrogen-bond donors (Lipinski definition) is 1. The standard InChI is InChI=1S/C24H30N4OS/c1-2-3-17-25-23(29)16-10-11-18-30-24-27-26-22(19-20-12-6-4-7-13-20)28(24)21-14-8-5-9-15-21/h4-9,12-15H,2-3,10-11,16-19H2,1H3,(H,25,29). The lowest BCUT2D eigenvalue weighted by atomic mass is 10.1. The molecule has 0 fully saturated rings. The van der Waals surface area contributed by atoms with Gasteiger partial charge in [-0.2, -0.15) is 0 Å². The van der Waals surface area contributed by atoms with Gasteiger partial charge in [0.05, 0.1) is 0 Å². The second-order valence-corrected chi connectivity index (χ2v) is 8.30. The third-order valence-electron chi connectivity index (χ3n) is 4.80. The molecule has 1 heterocycles. The monoisotopic (exact) mass is 422 g/mol. The zero-order valence-electron chi connectivity index (χ0n) is 17.6. The molecular weight excluding hydrogens is 392 g/mol. The predicted molar refractivity (Wildman–Crippen MR) is 123 cm³/mol. The van der Waals surface area contributed by atoms with Crippen molar-refractivity contribution in [2.45, 2.75) is 50.6 Å². The first-order chi connectivity index (χ1) is 14.8. The maximum absolute atomic E-state index is 11.8. The van der Waals surface area contributed by atoms with E-state index < -0.39 is 0 Å². The topological polar surface area (TPSA) is 59.8 Å². The molecule has 30 heavy (non-hydrogen) atoms. The van der Waals surface area contributed by atoms with Crippen molar-refractivity contribution in [3.63, 3.8) is 0 Å². The van der Waals surface area contributed by atoms with Gasteiger partial charge < -0.3 is 5.32 Å². The van der Waals surface area contributed by atoms with Gasteiger partial charge in [0.15, 0.2) is 5.16 Å². The van der Waals surface area contributed by atoms with Gasteiger partial charge in [-0.3, -0.25) is 9.36 Å². The molecule has 5 nitrogen and oxygen atoms in total. The minimum atomic E-state index is 0.158. The fourth-order valence-electron chi connectivity index (χ4n) is 3.17. The van der Waals surface area contributed by atoms with Crippen LogP contribution in [0.15, 0.2) is 65.8 Å². The molecule has 0 bridgehead atoms. The van der Waals surface area contributed by atoms with Gasteiger partial charge in [-0.15, -0.1) is 10.2 Å². The van der Waals surface area contributed by atoms with Crippen LogP contribution < -0.4 is 5.32 Å². The van der Waals surface area contributed by atoms with E-state index in [1.54, 1.807) is 11.8 Å². The van der Waals surface area contributed by atoms with E-state index >= 15 is 0 Å². The van der Waals surface area contributed by atoms with E-state index in [1.807, 2.05) is 36.4 Å². The highest BCUT2D eigenvalue weighted by molar-refractivity contribution is 7.99. The van der Waals surface area contributed by atoms with Crippen molar-refractivity contribution in [3.05, 3.63) is 72.1 Å². The second-order valence-electron chi connectivity index (χ2n) is 7.24. The maximum atomic E-state index is 11.8. The van der Waals surface area contributed by atoms with Crippen molar-refractivity contribution >= 4 is 17.7 Å². The van der Waals surface area contributed by atoms with Crippen LogP contribution in [0.5, 0.6) is 0 Å². The van der Waals surface area contributed by atoms with Gasteiger partial charge in [0.25, 0.3) is 0 Å². The highest BCUT2D eigenvalue weighted by Gasteiger charge is 2.14. The molecule has 0 saturated carbocycles. The van der Waals surface area contributed by atoms with Gasteiger partial charge in [-0.05, 0) is 37.0 Å². The molecule has 1 N–H and O–H groups in total. The lowest BCUT2D eigenvalue weighted by molar-refractivity contribution is -0.121. The van der Waals surface area contributed by atoms with E-state index in [1.165, 1.54) is 5.56 Å². The van der Waals surface area contributed by atoms with Gasteiger partial charge in [-0.1, -0.05) is 73.6 Å². The zero-order chi connectivity index (χ0) is 21.0. The lowest BCUT2D eigenvalue weighted by Crippen LogP contribution is -2.23. The van der Waals surface area contributed by atoms with Crippen LogP contribution in [0.4, 0.5) is 0 Å². The third kappa shape index (κ3) is 6.73.